The highest BCUT2D eigenvalue weighted by molar-refractivity contribution is 7.14. The van der Waals surface area contributed by atoms with E-state index in [1.165, 1.54) is 11.3 Å². The molecule has 0 fully saturated rings. The van der Waals surface area contributed by atoms with Crippen molar-refractivity contribution in [1.29, 1.82) is 0 Å². The number of hydrogen-bond acceptors (Lipinski definition) is 5. The molecular formula is C12H22N4OS. The van der Waals surface area contributed by atoms with E-state index in [1.807, 2.05) is 12.3 Å². The predicted molar refractivity (Wildman–Crippen MR) is 75.8 cm³/mol. The zero-order valence-corrected chi connectivity index (χ0v) is 11.9. The Morgan fingerprint density at radius 2 is 2.33 bits per heavy atom. The Hall–Kier alpha value is -0.980. The maximum absolute atomic E-state index is 11.4. The van der Waals surface area contributed by atoms with Crippen LogP contribution in [-0.2, 0) is 11.3 Å². The molecule has 0 atom stereocenters. The van der Waals surface area contributed by atoms with Gasteiger partial charge >= 0.3 is 0 Å². The van der Waals surface area contributed by atoms with E-state index in [4.69, 9.17) is 5.73 Å². The van der Waals surface area contributed by atoms with Crippen LogP contribution in [0.25, 0.3) is 0 Å². The van der Waals surface area contributed by atoms with Gasteiger partial charge in [-0.2, -0.15) is 0 Å². The van der Waals surface area contributed by atoms with Gasteiger partial charge in [0, 0.05) is 25.4 Å². The lowest BCUT2D eigenvalue weighted by Crippen LogP contribution is -2.27. The Bertz CT molecular complexity index is 367. The molecule has 0 aliphatic rings. The van der Waals surface area contributed by atoms with Crippen LogP contribution < -0.4 is 16.0 Å². The van der Waals surface area contributed by atoms with Crippen molar-refractivity contribution in [2.45, 2.75) is 33.2 Å². The van der Waals surface area contributed by atoms with E-state index in [2.05, 4.69) is 10.3 Å². The number of nitrogens with zero attached hydrogens (tertiary/aromatic N) is 2. The third kappa shape index (κ3) is 4.72. The maximum atomic E-state index is 11.4. The first-order valence-electron chi connectivity index (χ1n) is 6.32. The molecule has 1 rings (SSSR count). The largest absolute Gasteiger partial charge is 0.330 e. The molecule has 1 heterocycles. The maximum Gasteiger partial charge on any atom is 0.225 e. The molecule has 102 valence electrons. The van der Waals surface area contributed by atoms with Gasteiger partial charge in [0.05, 0.1) is 5.69 Å². The van der Waals surface area contributed by atoms with Crippen LogP contribution in [0.5, 0.6) is 0 Å². The Balaban J connectivity index is 2.40. The number of carbonyl (C=O) groups excluding carboxylic acids is 1. The quantitative estimate of drug-likeness (QED) is 0.699. The first kappa shape index (κ1) is 15.1. The molecule has 0 unspecified atom stereocenters. The topological polar surface area (TPSA) is 71.2 Å². The van der Waals surface area contributed by atoms with E-state index in [-0.39, 0.29) is 5.91 Å². The minimum Gasteiger partial charge on any atom is -0.330 e. The van der Waals surface area contributed by atoms with E-state index in [0.717, 1.165) is 43.3 Å². The Morgan fingerprint density at radius 1 is 1.56 bits per heavy atom. The van der Waals surface area contributed by atoms with E-state index in [9.17, 15) is 4.79 Å². The van der Waals surface area contributed by atoms with Crippen LogP contribution in [0.1, 0.15) is 32.4 Å². The van der Waals surface area contributed by atoms with E-state index >= 15 is 0 Å². The standard InChI is InChI=1S/C12H22N4OS/c1-3-16(10(2)17)12-15-11(9-18-12)8-14-7-5-4-6-13/h9,14H,3-8,13H2,1-2H3. The molecule has 0 saturated heterocycles. The molecule has 1 aromatic rings. The smallest absolute Gasteiger partial charge is 0.225 e. The van der Waals surface area contributed by atoms with Gasteiger partial charge in [-0.3, -0.25) is 9.69 Å². The van der Waals surface area contributed by atoms with Gasteiger partial charge in [-0.15, -0.1) is 11.3 Å². The summed E-state index contributed by atoms with van der Waals surface area (Å²) in [5.74, 6) is 0.0364. The average molecular weight is 270 g/mol. The monoisotopic (exact) mass is 270 g/mol. The summed E-state index contributed by atoms with van der Waals surface area (Å²) in [4.78, 5) is 17.5. The van der Waals surface area contributed by atoms with Gasteiger partial charge in [-0.05, 0) is 32.9 Å². The number of aromatic nitrogens is 1. The van der Waals surface area contributed by atoms with Crippen molar-refractivity contribution >= 4 is 22.4 Å². The first-order chi connectivity index (χ1) is 8.69. The summed E-state index contributed by atoms with van der Waals surface area (Å²) in [7, 11) is 0. The molecule has 0 radical (unpaired) electrons. The molecule has 3 N–H and O–H groups in total. The van der Waals surface area contributed by atoms with Crippen molar-refractivity contribution in [2.24, 2.45) is 5.73 Å². The van der Waals surface area contributed by atoms with Gasteiger partial charge in [0.1, 0.15) is 0 Å². The number of hydrogen-bond donors (Lipinski definition) is 2. The second-order valence-corrected chi connectivity index (χ2v) is 4.89. The molecule has 0 bridgehead atoms. The fourth-order valence-electron chi connectivity index (χ4n) is 1.60. The van der Waals surface area contributed by atoms with E-state index in [1.54, 1.807) is 11.8 Å². The molecule has 1 aromatic heterocycles. The molecule has 0 aliphatic heterocycles. The summed E-state index contributed by atoms with van der Waals surface area (Å²) < 4.78 is 0. The summed E-state index contributed by atoms with van der Waals surface area (Å²) in [5, 5.41) is 6.10. The molecule has 18 heavy (non-hydrogen) atoms. The first-order valence-corrected chi connectivity index (χ1v) is 7.20. The van der Waals surface area contributed by atoms with Gasteiger partial charge in [0.15, 0.2) is 5.13 Å². The van der Waals surface area contributed by atoms with Crippen LogP contribution in [0.4, 0.5) is 5.13 Å². The lowest BCUT2D eigenvalue weighted by Gasteiger charge is -2.14. The van der Waals surface area contributed by atoms with Crippen molar-refractivity contribution in [3.05, 3.63) is 11.1 Å². The SMILES string of the molecule is CCN(C(C)=O)c1nc(CNCCCCN)cs1. The molecule has 6 heteroatoms. The minimum absolute atomic E-state index is 0.0364. The molecule has 0 aromatic carbocycles. The summed E-state index contributed by atoms with van der Waals surface area (Å²) in [6.07, 6.45) is 2.13. The number of nitrogens with two attached hydrogens (primary N) is 1. The van der Waals surface area contributed by atoms with Crippen molar-refractivity contribution in [3.63, 3.8) is 0 Å². The van der Waals surface area contributed by atoms with Gasteiger partial charge in [-0.25, -0.2) is 4.98 Å². The highest BCUT2D eigenvalue weighted by Gasteiger charge is 2.12. The number of rotatable bonds is 8. The number of thiazole rings is 1. The van der Waals surface area contributed by atoms with E-state index in [0.29, 0.717) is 6.54 Å². The third-order valence-electron chi connectivity index (χ3n) is 2.58. The van der Waals surface area contributed by atoms with Crippen LogP contribution in [-0.4, -0.2) is 30.5 Å². The van der Waals surface area contributed by atoms with Gasteiger partial charge in [0.25, 0.3) is 0 Å². The van der Waals surface area contributed by atoms with E-state index < -0.39 is 0 Å². The third-order valence-corrected chi connectivity index (χ3v) is 3.49. The zero-order valence-electron chi connectivity index (χ0n) is 11.1. The molecule has 5 nitrogen and oxygen atoms in total. The summed E-state index contributed by atoms with van der Waals surface area (Å²) in [6.45, 7) is 6.62. The molecule has 0 spiro atoms. The number of unbranched alkanes of at least 4 members (excludes halogenated alkanes) is 1. The van der Waals surface area contributed by atoms with Crippen molar-refractivity contribution in [2.75, 3.05) is 24.5 Å². The second kappa shape index (κ2) is 8.18. The number of nitrogens with one attached hydrogen (secondary N) is 1. The highest BCUT2D eigenvalue weighted by atomic mass is 32.1. The van der Waals surface area contributed by atoms with Gasteiger partial charge in [-0.1, -0.05) is 0 Å². The van der Waals surface area contributed by atoms with Crippen molar-refractivity contribution < 1.29 is 4.79 Å². The lowest BCUT2D eigenvalue weighted by molar-refractivity contribution is -0.116. The predicted octanol–water partition coefficient (Wildman–Crippen LogP) is 1.34. The average Bonchev–Trinajstić information content (AvgIpc) is 2.78. The summed E-state index contributed by atoms with van der Waals surface area (Å²) in [6, 6.07) is 0. The van der Waals surface area contributed by atoms with Crippen LogP contribution >= 0.6 is 11.3 Å². The Labute approximate surface area is 112 Å². The fourth-order valence-corrected chi connectivity index (χ4v) is 2.54. The molecule has 0 aliphatic carbocycles. The van der Waals surface area contributed by atoms with Gasteiger partial charge < -0.3 is 11.1 Å². The van der Waals surface area contributed by atoms with Crippen LogP contribution in [0.3, 0.4) is 0 Å². The summed E-state index contributed by atoms with van der Waals surface area (Å²) >= 11 is 1.51. The Kier molecular flexibility index (Phi) is 6.85. The lowest BCUT2D eigenvalue weighted by atomic mass is 10.3. The minimum atomic E-state index is 0.0364. The van der Waals surface area contributed by atoms with Crippen molar-refractivity contribution in [3.8, 4) is 0 Å². The highest BCUT2D eigenvalue weighted by Crippen LogP contribution is 2.20. The Morgan fingerprint density at radius 3 is 2.94 bits per heavy atom. The second-order valence-electron chi connectivity index (χ2n) is 4.06. The zero-order chi connectivity index (χ0) is 13.4. The van der Waals surface area contributed by atoms with Crippen LogP contribution in [0, 0.1) is 0 Å². The normalized spacial score (nSPS) is 10.6. The number of anilines is 1. The van der Waals surface area contributed by atoms with Crippen LogP contribution in [0.15, 0.2) is 5.38 Å². The molecular weight excluding hydrogens is 248 g/mol. The van der Waals surface area contributed by atoms with Crippen molar-refractivity contribution in [1.82, 2.24) is 10.3 Å². The van der Waals surface area contributed by atoms with Crippen LogP contribution in [0.2, 0.25) is 0 Å². The summed E-state index contributed by atoms with van der Waals surface area (Å²) in [5.41, 5.74) is 6.41. The van der Waals surface area contributed by atoms with Gasteiger partial charge in [0.2, 0.25) is 5.91 Å². The molecule has 0 saturated carbocycles. The number of amides is 1. The number of carbonyl (C=O) groups is 1. The molecule has 1 amide bonds. The fraction of sp³-hybridized carbons (Fsp3) is 0.667.